The molecule has 3 aliphatic heterocycles. The average Bonchev–Trinajstić information content (AvgIpc) is 3.36. The minimum absolute atomic E-state index is 0.0608. The van der Waals surface area contributed by atoms with E-state index in [1.165, 1.54) is 11.0 Å². The van der Waals surface area contributed by atoms with Crippen molar-refractivity contribution in [1.82, 2.24) is 15.1 Å². The zero-order valence-corrected chi connectivity index (χ0v) is 23.5. The molecule has 43 heavy (non-hydrogen) atoms. The van der Waals surface area contributed by atoms with Gasteiger partial charge in [-0.05, 0) is 47.9 Å². The van der Waals surface area contributed by atoms with Crippen LogP contribution in [0.15, 0.2) is 60.7 Å². The highest BCUT2D eigenvalue weighted by Gasteiger charge is 2.48. The third-order valence-electron chi connectivity index (χ3n) is 8.40. The van der Waals surface area contributed by atoms with E-state index in [1.807, 2.05) is 23.1 Å². The SMILES string of the molecule is [B]C1(N2Cc3c(OCc4ccc(CN5CCN(c6ccc(C#N)cc6F)CC5)cc4)cccc3C2=O)CCC(=O)NC1=O. The highest BCUT2D eigenvalue weighted by atomic mass is 19.1. The van der Waals surface area contributed by atoms with Crippen LogP contribution in [0.2, 0.25) is 0 Å². The van der Waals surface area contributed by atoms with Gasteiger partial charge in [-0.2, -0.15) is 5.26 Å². The topological polar surface area (TPSA) is 106 Å². The molecule has 3 aromatic rings. The van der Waals surface area contributed by atoms with Crippen molar-refractivity contribution in [1.29, 1.82) is 5.26 Å². The molecule has 1 atom stereocenters. The van der Waals surface area contributed by atoms with Gasteiger partial charge in [-0.15, -0.1) is 0 Å². The lowest BCUT2D eigenvalue weighted by Crippen LogP contribution is -2.63. The summed E-state index contributed by atoms with van der Waals surface area (Å²) in [4.78, 5) is 43.0. The number of carbonyl (C=O) groups excluding carboxylic acids is 3. The fraction of sp³-hybridized carbons (Fsp3) is 0.312. The second-order valence-corrected chi connectivity index (χ2v) is 11.1. The predicted octanol–water partition coefficient (Wildman–Crippen LogP) is 2.86. The normalized spacial score (nSPS) is 20.5. The zero-order chi connectivity index (χ0) is 30.1. The lowest BCUT2D eigenvalue weighted by Gasteiger charge is -2.40. The highest BCUT2D eigenvalue weighted by molar-refractivity contribution is 6.32. The fourth-order valence-electron chi connectivity index (χ4n) is 5.87. The number of piperazine rings is 1. The van der Waals surface area contributed by atoms with Gasteiger partial charge in [-0.3, -0.25) is 24.6 Å². The standard InChI is InChI=1S/C32H29BFN5O4/c33-32(11-10-29(40)36-31(32)42)39-19-25-24(30(39)41)2-1-3-28(25)43-20-22-6-4-21(5-7-22)18-37-12-14-38(15-13-37)27-9-8-23(17-35)16-26(27)34/h1-9,16H,10-15,18-20H2,(H,36,40,42). The average molecular weight is 577 g/mol. The van der Waals surface area contributed by atoms with Crippen molar-refractivity contribution in [3.8, 4) is 11.8 Å². The number of nitriles is 1. The van der Waals surface area contributed by atoms with E-state index in [9.17, 15) is 18.8 Å². The molecule has 3 aromatic carbocycles. The summed E-state index contributed by atoms with van der Waals surface area (Å²) in [6, 6.07) is 19.9. The van der Waals surface area contributed by atoms with E-state index in [0.29, 0.717) is 47.8 Å². The van der Waals surface area contributed by atoms with Crippen molar-refractivity contribution >= 4 is 31.3 Å². The van der Waals surface area contributed by atoms with Crippen LogP contribution in [0.5, 0.6) is 5.75 Å². The molecular weight excluding hydrogens is 548 g/mol. The number of anilines is 1. The van der Waals surface area contributed by atoms with Gasteiger partial charge in [0.15, 0.2) is 0 Å². The first-order chi connectivity index (χ1) is 20.7. The van der Waals surface area contributed by atoms with Gasteiger partial charge in [-0.25, -0.2) is 4.39 Å². The van der Waals surface area contributed by atoms with Crippen molar-refractivity contribution in [3.63, 3.8) is 0 Å². The van der Waals surface area contributed by atoms with E-state index >= 15 is 0 Å². The zero-order valence-electron chi connectivity index (χ0n) is 23.5. The number of carbonyl (C=O) groups is 3. The first-order valence-electron chi connectivity index (χ1n) is 14.2. The Kier molecular flexibility index (Phi) is 7.63. The van der Waals surface area contributed by atoms with Crippen molar-refractivity contribution in [2.24, 2.45) is 0 Å². The van der Waals surface area contributed by atoms with E-state index in [4.69, 9.17) is 17.8 Å². The largest absolute Gasteiger partial charge is 0.489 e. The number of imide groups is 1. The van der Waals surface area contributed by atoms with Crippen LogP contribution < -0.4 is 15.0 Å². The van der Waals surface area contributed by atoms with Gasteiger partial charge in [0, 0.05) is 50.3 Å². The Balaban J connectivity index is 1.04. The summed E-state index contributed by atoms with van der Waals surface area (Å²) in [6.45, 7) is 4.17. The molecule has 3 heterocycles. The quantitative estimate of drug-likeness (QED) is 0.340. The molecule has 11 heteroatoms. The minimum Gasteiger partial charge on any atom is -0.489 e. The number of piperidine rings is 1. The van der Waals surface area contributed by atoms with Gasteiger partial charge >= 0.3 is 0 Å². The van der Waals surface area contributed by atoms with Crippen molar-refractivity contribution in [2.45, 2.75) is 38.0 Å². The van der Waals surface area contributed by atoms with E-state index < -0.39 is 17.3 Å². The molecule has 216 valence electrons. The molecule has 6 rings (SSSR count). The summed E-state index contributed by atoms with van der Waals surface area (Å²) >= 11 is 0. The number of nitrogens with zero attached hydrogens (tertiary/aromatic N) is 4. The minimum atomic E-state index is -1.59. The van der Waals surface area contributed by atoms with Crippen LogP contribution in [0.25, 0.3) is 0 Å². The highest BCUT2D eigenvalue weighted by Crippen LogP contribution is 2.37. The summed E-state index contributed by atoms with van der Waals surface area (Å²) in [7, 11) is 6.35. The molecule has 2 radical (unpaired) electrons. The Morgan fingerprint density at radius 1 is 1.00 bits per heavy atom. The number of ether oxygens (including phenoxy) is 1. The van der Waals surface area contributed by atoms with Gasteiger partial charge in [0.1, 0.15) is 26.0 Å². The summed E-state index contributed by atoms with van der Waals surface area (Å²) in [5.41, 5.74) is 2.47. The van der Waals surface area contributed by atoms with E-state index in [2.05, 4.69) is 22.3 Å². The molecule has 3 aliphatic rings. The number of benzene rings is 3. The van der Waals surface area contributed by atoms with Gasteiger partial charge in [0.2, 0.25) is 11.8 Å². The molecule has 0 saturated carbocycles. The lowest BCUT2D eigenvalue weighted by atomic mass is 9.70. The number of hydrogen-bond donors (Lipinski definition) is 1. The van der Waals surface area contributed by atoms with Gasteiger partial charge in [0.25, 0.3) is 5.91 Å². The predicted molar refractivity (Wildman–Crippen MR) is 157 cm³/mol. The Morgan fingerprint density at radius 3 is 2.44 bits per heavy atom. The maximum absolute atomic E-state index is 14.4. The fourth-order valence-corrected chi connectivity index (χ4v) is 5.87. The number of fused-ring (bicyclic) bond motifs is 1. The summed E-state index contributed by atoms with van der Waals surface area (Å²) in [5.74, 6) is -1.25. The summed E-state index contributed by atoms with van der Waals surface area (Å²) in [5, 5.41) is 11.2. The number of rotatable bonds is 7. The van der Waals surface area contributed by atoms with Crippen LogP contribution in [0.1, 0.15) is 45.5 Å². The van der Waals surface area contributed by atoms with Crippen LogP contribution in [-0.4, -0.2) is 67.0 Å². The molecule has 0 bridgehead atoms. The van der Waals surface area contributed by atoms with E-state index in [0.717, 1.165) is 30.8 Å². The molecule has 1 N–H and O–H groups in total. The molecule has 3 amide bonds. The Bertz CT molecular complexity index is 1630. The van der Waals surface area contributed by atoms with E-state index in [1.54, 1.807) is 30.3 Å². The second kappa shape index (κ2) is 11.5. The molecule has 0 aromatic heterocycles. The molecular formula is C32H29BFN5O4. The Labute approximate surface area is 250 Å². The van der Waals surface area contributed by atoms with Crippen LogP contribution in [0.4, 0.5) is 10.1 Å². The third kappa shape index (κ3) is 5.58. The van der Waals surface area contributed by atoms with Crippen LogP contribution >= 0.6 is 0 Å². The Hall–Kier alpha value is -4.69. The van der Waals surface area contributed by atoms with Gasteiger partial charge < -0.3 is 14.5 Å². The maximum atomic E-state index is 14.4. The van der Waals surface area contributed by atoms with Crippen molar-refractivity contribution < 1.29 is 23.5 Å². The third-order valence-corrected chi connectivity index (χ3v) is 8.40. The second-order valence-electron chi connectivity index (χ2n) is 11.1. The summed E-state index contributed by atoms with van der Waals surface area (Å²) in [6.07, 6.45) is 0.127. The van der Waals surface area contributed by atoms with Crippen LogP contribution in [0.3, 0.4) is 0 Å². The van der Waals surface area contributed by atoms with Gasteiger partial charge in [-0.1, -0.05) is 30.3 Å². The van der Waals surface area contributed by atoms with Crippen molar-refractivity contribution in [3.05, 3.63) is 94.3 Å². The lowest BCUT2D eigenvalue weighted by molar-refractivity contribution is -0.138. The molecule has 9 nitrogen and oxygen atoms in total. The number of halogens is 1. The Morgan fingerprint density at radius 2 is 1.74 bits per heavy atom. The first-order valence-corrected chi connectivity index (χ1v) is 14.2. The monoisotopic (exact) mass is 577 g/mol. The van der Waals surface area contributed by atoms with Gasteiger partial charge in [0.05, 0.1) is 29.3 Å². The number of hydrogen-bond acceptors (Lipinski definition) is 7. The smallest absolute Gasteiger partial charge is 0.254 e. The molecule has 2 fully saturated rings. The van der Waals surface area contributed by atoms with Crippen LogP contribution in [0, 0.1) is 17.1 Å². The maximum Gasteiger partial charge on any atom is 0.254 e. The first kappa shape index (κ1) is 28.4. The molecule has 2 saturated heterocycles. The van der Waals surface area contributed by atoms with E-state index in [-0.39, 0.29) is 31.1 Å². The summed E-state index contributed by atoms with van der Waals surface area (Å²) < 4.78 is 20.6. The van der Waals surface area contributed by atoms with Crippen LogP contribution in [-0.2, 0) is 29.3 Å². The molecule has 0 spiro atoms. The van der Waals surface area contributed by atoms with Crippen molar-refractivity contribution in [2.75, 3.05) is 31.1 Å². The number of nitrogens with one attached hydrogen (secondary N) is 1. The molecule has 0 aliphatic carbocycles. The molecule has 1 unspecified atom stereocenters. The number of amides is 3.